The average molecular weight is 311 g/mol. The highest BCUT2D eigenvalue weighted by Crippen LogP contribution is 2.34. The largest absolute Gasteiger partial charge is 0.398 e. The molecular weight excluding hydrogens is 300 g/mol. The summed E-state index contributed by atoms with van der Waals surface area (Å²) in [4.78, 5) is 10.6. The summed E-state index contributed by atoms with van der Waals surface area (Å²) >= 11 is 0.398. The average Bonchev–Trinajstić information content (AvgIpc) is 2.39. The van der Waals surface area contributed by atoms with E-state index in [4.69, 9.17) is 5.73 Å². The van der Waals surface area contributed by atoms with Crippen LogP contribution in [0.5, 0.6) is 0 Å². The van der Waals surface area contributed by atoms with E-state index in [-0.39, 0.29) is 11.4 Å². The molecule has 21 heavy (non-hydrogen) atoms. The third-order valence-electron chi connectivity index (χ3n) is 2.53. The molecule has 2 rings (SSSR count). The highest BCUT2D eigenvalue weighted by atomic mass is 32.2. The van der Waals surface area contributed by atoms with Crippen molar-refractivity contribution >= 4 is 34.5 Å². The molecule has 0 unspecified atom stereocenters. The Balaban J connectivity index is 2.32. The van der Waals surface area contributed by atoms with Crippen molar-refractivity contribution in [1.29, 1.82) is 0 Å². The first-order valence-electron chi connectivity index (χ1n) is 5.81. The second-order valence-corrected chi connectivity index (χ2v) is 5.10. The number of nitro groups is 1. The van der Waals surface area contributed by atoms with Crippen LogP contribution in [-0.2, 0) is 0 Å². The van der Waals surface area contributed by atoms with Gasteiger partial charge in [-0.25, -0.2) is 0 Å². The molecule has 0 radical (unpaired) electrons. The van der Waals surface area contributed by atoms with Crippen molar-refractivity contribution < 1.29 is 13.7 Å². The number of nitro benzene ring substituents is 1. The number of nitrogens with zero attached hydrogens (tertiary/aromatic N) is 1. The van der Waals surface area contributed by atoms with E-state index in [0.29, 0.717) is 28.0 Å². The first-order valence-corrected chi connectivity index (χ1v) is 6.69. The van der Waals surface area contributed by atoms with Crippen LogP contribution in [-0.4, -0.2) is 10.7 Å². The highest BCUT2D eigenvalue weighted by molar-refractivity contribution is 7.99. The fourth-order valence-electron chi connectivity index (χ4n) is 1.74. The van der Waals surface area contributed by atoms with Gasteiger partial charge in [0.05, 0.1) is 10.6 Å². The predicted molar refractivity (Wildman–Crippen MR) is 79.1 cm³/mol. The van der Waals surface area contributed by atoms with Gasteiger partial charge in [-0.05, 0) is 18.2 Å². The number of para-hydroxylation sites is 1. The molecule has 0 aromatic heterocycles. The molecule has 8 heteroatoms. The zero-order valence-electron chi connectivity index (χ0n) is 10.6. The lowest BCUT2D eigenvalue weighted by atomic mass is 10.2. The van der Waals surface area contributed by atoms with Crippen molar-refractivity contribution in [3.8, 4) is 0 Å². The summed E-state index contributed by atoms with van der Waals surface area (Å²) in [5.41, 5.74) is 6.44. The van der Waals surface area contributed by atoms with Gasteiger partial charge >= 0.3 is 0 Å². The molecule has 0 bridgehead atoms. The van der Waals surface area contributed by atoms with Gasteiger partial charge in [0, 0.05) is 28.4 Å². The number of hydrogen-bond acceptors (Lipinski definition) is 5. The Kier molecular flexibility index (Phi) is 4.59. The van der Waals surface area contributed by atoms with Crippen LogP contribution in [0, 0.1) is 10.1 Å². The van der Waals surface area contributed by atoms with E-state index in [9.17, 15) is 18.9 Å². The Morgan fingerprint density at radius 3 is 2.62 bits per heavy atom. The number of rotatable bonds is 5. The molecular formula is C13H11F2N3O2S. The Morgan fingerprint density at radius 1 is 1.24 bits per heavy atom. The number of nitrogen functional groups attached to an aromatic ring is 1. The lowest BCUT2D eigenvalue weighted by Crippen LogP contribution is -1.97. The maximum atomic E-state index is 12.5. The number of thioether (sulfide) groups is 1. The fraction of sp³-hybridized carbons (Fsp3) is 0.0769. The van der Waals surface area contributed by atoms with Gasteiger partial charge in [-0.15, -0.1) is 0 Å². The van der Waals surface area contributed by atoms with Crippen molar-refractivity contribution in [3.63, 3.8) is 0 Å². The summed E-state index contributed by atoms with van der Waals surface area (Å²) < 4.78 is 25.0. The van der Waals surface area contributed by atoms with Gasteiger partial charge in [0.1, 0.15) is 0 Å². The lowest BCUT2D eigenvalue weighted by molar-refractivity contribution is -0.384. The summed E-state index contributed by atoms with van der Waals surface area (Å²) in [6.07, 6.45) is 0. The van der Waals surface area contributed by atoms with Crippen LogP contribution in [0.3, 0.4) is 0 Å². The Morgan fingerprint density at radius 2 is 1.95 bits per heavy atom. The molecule has 0 aliphatic rings. The van der Waals surface area contributed by atoms with Crippen LogP contribution < -0.4 is 11.1 Å². The molecule has 0 atom stereocenters. The van der Waals surface area contributed by atoms with Crippen LogP contribution in [0.4, 0.5) is 31.5 Å². The van der Waals surface area contributed by atoms with Gasteiger partial charge < -0.3 is 11.1 Å². The lowest BCUT2D eigenvalue weighted by Gasteiger charge is -2.11. The molecule has 5 nitrogen and oxygen atoms in total. The van der Waals surface area contributed by atoms with Crippen LogP contribution in [0.15, 0.2) is 47.4 Å². The standard InChI is InChI=1S/C13H11F2N3O2S/c14-13(15)21-12-4-2-1-3-11(12)17-9-5-8(16)6-10(7-9)18(19)20/h1-7,13,17H,16H2. The number of halogens is 2. The molecule has 0 spiro atoms. The molecule has 110 valence electrons. The maximum absolute atomic E-state index is 12.5. The number of nitrogens with two attached hydrogens (primary N) is 1. The van der Waals surface area contributed by atoms with Gasteiger partial charge in [-0.2, -0.15) is 8.78 Å². The van der Waals surface area contributed by atoms with Gasteiger partial charge in [0.15, 0.2) is 0 Å². The number of hydrogen-bond donors (Lipinski definition) is 2. The van der Waals surface area contributed by atoms with Gasteiger partial charge in [-0.3, -0.25) is 10.1 Å². The minimum Gasteiger partial charge on any atom is -0.398 e. The molecule has 0 aliphatic carbocycles. The summed E-state index contributed by atoms with van der Waals surface area (Å²) in [7, 11) is 0. The van der Waals surface area contributed by atoms with Crippen molar-refractivity contribution in [2.45, 2.75) is 10.7 Å². The third-order valence-corrected chi connectivity index (χ3v) is 3.32. The normalized spacial score (nSPS) is 10.6. The van der Waals surface area contributed by atoms with Gasteiger partial charge in [0.25, 0.3) is 11.4 Å². The quantitative estimate of drug-likeness (QED) is 0.374. The first kappa shape index (κ1) is 15.0. The van der Waals surface area contributed by atoms with E-state index in [1.54, 1.807) is 24.3 Å². The Labute approximate surface area is 123 Å². The van der Waals surface area contributed by atoms with E-state index in [1.807, 2.05) is 0 Å². The predicted octanol–water partition coefficient (Wildman–Crippen LogP) is 4.24. The molecule has 0 saturated heterocycles. The molecule has 0 saturated carbocycles. The summed E-state index contributed by atoms with van der Waals surface area (Å²) in [6, 6.07) is 10.5. The Hall–Kier alpha value is -2.35. The minimum atomic E-state index is -2.55. The van der Waals surface area contributed by atoms with Crippen molar-refractivity contribution in [2.75, 3.05) is 11.1 Å². The van der Waals surface area contributed by atoms with Crippen molar-refractivity contribution in [1.82, 2.24) is 0 Å². The van der Waals surface area contributed by atoms with Gasteiger partial charge in [0.2, 0.25) is 0 Å². The fourth-order valence-corrected chi connectivity index (χ4v) is 2.33. The third kappa shape index (κ3) is 4.06. The number of nitrogens with one attached hydrogen (secondary N) is 1. The number of benzene rings is 2. The number of anilines is 3. The van der Waals surface area contributed by atoms with Crippen molar-refractivity contribution in [3.05, 3.63) is 52.6 Å². The van der Waals surface area contributed by atoms with E-state index in [1.165, 1.54) is 18.2 Å². The maximum Gasteiger partial charge on any atom is 0.288 e. The van der Waals surface area contributed by atoms with Crippen LogP contribution in [0.25, 0.3) is 0 Å². The molecule has 0 fully saturated rings. The minimum absolute atomic E-state index is 0.170. The zero-order chi connectivity index (χ0) is 15.4. The summed E-state index contributed by atoms with van der Waals surface area (Å²) in [5, 5.41) is 13.7. The van der Waals surface area contributed by atoms with E-state index >= 15 is 0 Å². The molecule has 2 aromatic carbocycles. The topological polar surface area (TPSA) is 81.2 Å². The SMILES string of the molecule is Nc1cc(Nc2ccccc2SC(F)F)cc([N+](=O)[O-])c1. The Bertz CT molecular complexity index is 668. The molecule has 3 N–H and O–H groups in total. The molecule has 0 aliphatic heterocycles. The summed E-state index contributed by atoms with van der Waals surface area (Å²) in [6.45, 7) is 0. The van der Waals surface area contributed by atoms with Crippen LogP contribution >= 0.6 is 11.8 Å². The number of alkyl halides is 2. The molecule has 0 heterocycles. The van der Waals surface area contributed by atoms with Crippen molar-refractivity contribution in [2.24, 2.45) is 0 Å². The van der Waals surface area contributed by atoms with E-state index in [2.05, 4.69) is 5.32 Å². The number of non-ortho nitro benzene ring substituents is 1. The first-order chi connectivity index (χ1) is 9.95. The van der Waals surface area contributed by atoms with E-state index in [0.717, 1.165) is 0 Å². The van der Waals surface area contributed by atoms with Crippen LogP contribution in [0.2, 0.25) is 0 Å². The highest BCUT2D eigenvalue weighted by Gasteiger charge is 2.12. The zero-order valence-corrected chi connectivity index (χ0v) is 11.4. The van der Waals surface area contributed by atoms with Crippen LogP contribution in [0.1, 0.15) is 0 Å². The smallest absolute Gasteiger partial charge is 0.288 e. The monoisotopic (exact) mass is 311 g/mol. The molecule has 2 aromatic rings. The van der Waals surface area contributed by atoms with E-state index < -0.39 is 10.7 Å². The summed E-state index contributed by atoms with van der Waals surface area (Å²) in [5.74, 6) is -2.55. The second-order valence-electron chi connectivity index (χ2n) is 4.07. The van der Waals surface area contributed by atoms with Gasteiger partial charge in [-0.1, -0.05) is 23.9 Å². The molecule has 0 amide bonds. The second kappa shape index (κ2) is 6.40.